The molecule has 0 radical (unpaired) electrons. The highest BCUT2D eigenvalue weighted by Gasteiger charge is 2.45. The molecule has 2 aromatic carbocycles. The zero-order chi connectivity index (χ0) is 26.3. The summed E-state index contributed by atoms with van der Waals surface area (Å²) in [5, 5.41) is 0.564. The van der Waals surface area contributed by atoms with E-state index in [1.165, 1.54) is 36.5 Å². The van der Waals surface area contributed by atoms with Crippen LogP contribution in [-0.2, 0) is 16.1 Å². The van der Waals surface area contributed by atoms with Crippen LogP contribution in [-0.4, -0.2) is 34.7 Å². The lowest BCUT2D eigenvalue weighted by Gasteiger charge is -2.25. The molecule has 4 aromatic rings. The van der Waals surface area contributed by atoms with Crippen molar-refractivity contribution < 1.29 is 31.9 Å². The van der Waals surface area contributed by atoms with E-state index in [-0.39, 0.29) is 23.0 Å². The standard InChI is InChI=1S/C27H21F4N3O3/c1-37-25(35)22-13-19(17-4-5-17)14-32-24(22)34(26(36)27(29,30)31)21-8-9-23-18(12-21)10-11-33(23)15-16-2-6-20(28)7-3-16/h2-3,6-14,17H,4-5,15H2,1H3. The lowest BCUT2D eigenvalue weighted by Crippen LogP contribution is -2.39. The Kier molecular flexibility index (Phi) is 6.18. The van der Waals surface area contributed by atoms with Crippen molar-refractivity contribution in [1.29, 1.82) is 0 Å². The zero-order valence-electron chi connectivity index (χ0n) is 19.6. The van der Waals surface area contributed by atoms with Gasteiger partial charge in [-0.2, -0.15) is 13.2 Å². The van der Waals surface area contributed by atoms with Gasteiger partial charge in [-0.25, -0.2) is 14.2 Å². The summed E-state index contributed by atoms with van der Waals surface area (Å²) < 4.78 is 61.1. The van der Waals surface area contributed by atoms with E-state index in [1.807, 2.05) is 4.57 Å². The van der Waals surface area contributed by atoms with Gasteiger partial charge in [0.25, 0.3) is 0 Å². The maximum atomic E-state index is 13.7. The van der Waals surface area contributed by atoms with Crippen LogP contribution in [0.1, 0.15) is 40.2 Å². The van der Waals surface area contributed by atoms with Gasteiger partial charge in [0.2, 0.25) is 0 Å². The van der Waals surface area contributed by atoms with E-state index < -0.39 is 23.9 Å². The number of methoxy groups -OCH3 is 1. The number of alkyl halides is 3. The van der Waals surface area contributed by atoms with Crippen molar-refractivity contribution >= 4 is 34.3 Å². The van der Waals surface area contributed by atoms with E-state index in [2.05, 4.69) is 4.98 Å². The van der Waals surface area contributed by atoms with Crippen molar-refractivity contribution in [2.75, 3.05) is 12.0 Å². The Hall–Kier alpha value is -4.21. The highest BCUT2D eigenvalue weighted by atomic mass is 19.4. The SMILES string of the molecule is COC(=O)c1cc(C2CC2)cnc1N(C(=O)C(F)(F)F)c1ccc2c(ccn2Cc2ccc(F)cc2)c1. The lowest BCUT2D eigenvalue weighted by molar-refractivity contribution is -0.169. The first kappa shape index (κ1) is 24.5. The first-order valence-corrected chi connectivity index (χ1v) is 11.5. The fourth-order valence-electron chi connectivity index (χ4n) is 4.27. The molecule has 1 aliphatic rings. The summed E-state index contributed by atoms with van der Waals surface area (Å²) in [6.45, 7) is 0.408. The molecule has 10 heteroatoms. The molecule has 1 amide bonds. The summed E-state index contributed by atoms with van der Waals surface area (Å²) in [4.78, 5) is 29.7. The number of hydrogen-bond acceptors (Lipinski definition) is 4. The van der Waals surface area contributed by atoms with E-state index in [9.17, 15) is 27.2 Å². The normalized spacial score (nSPS) is 13.5. The largest absolute Gasteiger partial charge is 0.472 e. The maximum absolute atomic E-state index is 13.7. The van der Waals surface area contributed by atoms with E-state index >= 15 is 0 Å². The smallest absolute Gasteiger partial charge is 0.465 e. The van der Waals surface area contributed by atoms with Gasteiger partial charge in [-0.3, -0.25) is 9.69 Å². The zero-order valence-corrected chi connectivity index (χ0v) is 19.6. The number of carbonyl (C=O) groups excluding carboxylic acids is 2. The first-order valence-electron chi connectivity index (χ1n) is 11.5. The Morgan fingerprint density at radius 1 is 1.08 bits per heavy atom. The Labute approximate surface area is 209 Å². The average Bonchev–Trinajstić information content (AvgIpc) is 3.66. The summed E-state index contributed by atoms with van der Waals surface area (Å²) in [5.74, 6) is -3.71. The number of amides is 1. The number of pyridine rings is 1. The van der Waals surface area contributed by atoms with Crippen LogP contribution < -0.4 is 4.90 Å². The molecule has 0 atom stereocenters. The molecule has 190 valence electrons. The molecular formula is C27H21F4N3O3. The molecule has 1 aliphatic carbocycles. The number of halogens is 4. The van der Waals surface area contributed by atoms with Crippen molar-refractivity contribution in [1.82, 2.24) is 9.55 Å². The number of anilines is 2. The predicted octanol–water partition coefficient (Wildman–Crippen LogP) is 6.11. The molecule has 0 N–H and O–H groups in total. The van der Waals surface area contributed by atoms with Gasteiger partial charge in [0.05, 0.1) is 12.8 Å². The van der Waals surface area contributed by atoms with Gasteiger partial charge < -0.3 is 9.30 Å². The summed E-state index contributed by atoms with van der Waals surface area (Å²) in [7, 11) is 1.11. The maximum Gasteiger partial charge on any atom is 0.472 e. The fraction of sp³-hybridized carbons (Fsp3) is 0.222. The number of hydrogen-bond donors (Lipinski definition) is 0. The molecule has 37 heavy (non-hydrogen) atoms. The second-order valence-electron chi connectivity index (χ2n) is 8.86. The van der Waals surface area contributed by atoms with Crippen molar-refractivity contribution in [3.8, 4) is 0 Å². The fourth-order valence-corrected chi connectivity index (χ4v) is 4.27. The lowest BCUT2D eigenvalue weighted by atomic mass is 10.1. The summed E-state index contributed by atoms with van der Waals surface area (Å²) in [5.41, 5.74) is 1.90. The molecule has 0 unspecified atom stereocenters. The molecule has 0 saturated heterocycles. The molecule has 2 aromatic heterocycles. The third kappa shape index (κ3) is 4.91. The average molecular weight is 511 g/mol. The van der Waals surface area contributed by atoms with Gasteiger partial charge in [-0.15, -0.1) is 0 Å². The Balaban J connectivity index is 1.59. The number of ether oxygens (including phenoxy) is 1. The molecule has 0 bridgehead atoms. The van der Waals surface area contributed by atoms with Gasteiger partial charge >= 0.3 is 18.1 Å². The molecule has 6 nitrogen and oxygen atoms in total. The van der Waals surface area contributed by atoms with Gasteiger partial charge in [-0.1, -0.05) is 12.1 Å². The Morgan fingerprint density at radius 2 is 1.81 bits per heavy atom. The second-order valence-corrected chi connectivity index (χ2v) is 8.86. The quantitative estimate of drug-likeness (QED) is 0.231. The van der Waals surface area contributed by atoms with Crippen molar-refractivity contribution in [3.05, 3.63) is 89.5 Å². The minimum atomic E-state index is -5.23. The van der Waals surface area contributed by atoms with Gasteiger partial charge in [-0.05, 0) is 72.4 Å². The molecule has 1 saturated carbocycles. The minimum Gasteiger partial charge on any atom is -0.465 e. The molecule has 1 fully saturated rings. The summed E-state index contributed by atoms with van der Waals surface area (Å²) >= 11 is 0. The van der Waals surface area contributed by atoms with Crippen LogP contribution in [0, 0.1) is 5.82 Å². The van der Waals surface area contributed by atoms with Crippen LogP contribution in [0.5, 0.6) is 0 Å². The van der Waals surface area contributed by atoms with E-state index in [0.29, 0.717) is 27.9 Å². The number of carbonyl (C=O) groups is 2. The third-order valence-corrected chi connectivity index (χ3v) is 6.28. The summed E-state index contributed by atoms with van der Waals surface area (Å²) in [6, 6.07) is 13.5. The predicted molar refractivity (Wildman–Crippen MR) is 128 cm³/mol. The van der Waals surface area contributed by atoms with Crippen LogP contribution >= 0.6 is 0 Å². The molecule has 0 spiro atoms. The number of fused-ring (bicyclic) bond motifs is 1. The number of esters is 1. The Bertz CT molecular complexity index is 1490. The van der Waals surface area contributed by atoms with Crippen LogP contribution in [0.25, 0.3) is 10.9 Å². The molecular weight excluding hydrogens is 490 g/mol. The van der Waals surface area contributed by atoms with Gasteiger partial charge in [0.1, 0.15) is 11.4 Å². The van der Waals surface area contributed by atoms with Crippen molar-refractivity contribution in [3.63, 3.8) is 0 Å². The minimum absolute atomic E-state index is 0.105. The number of aromatic nitrogens is 2. The molecule has 0 aliphatic heterocycles. The van der Waals surface area contributed by atoms with Crippen LogP contribution in [0.3, 0.4) is 0 Å². The number of benzene rings is 2. The number of rotatable bonds is 6. The second kappa shape index (κ2) is 9.34. The topological polar surface area (TPSA) is 64.4 Å². The first-order chi connectivity index (χ1) is 17.7. The van der Waals surface area contributed by atoms with E-state index in [0.717, 1.165) is 25.5 Å². The van der Waals surface area contributed by atoms with Crippen molar-refractivity contribution in [2.24, 2.45) is 0 Å². The number of nitrogens with zero attached hydrogens (tertiary/aromatic N) is 3. The molecule has 2 heterocycles. The van der Waals surface area contributed by atoms with E-state index in [4.69, 9.17) is 4.74 Å². The highest BCUT2D eigenvalue weighted by Crippen LogP contribution is 2.42. The highest BCUT2D eigenvalue weighted by molar-refractivity contribution is 6.08. The van der Waals surface area contributed by atoms with Gasteiger partial charge in [0.15, 0.2) is 5.82 Å². The van der Waals surface area contributed by atoms with Crippen molar-refractivity contribution in [2.45, 2.75) is 31.5 Å². The molecule has 5 rings (SSSR count). The van der Waals surface area contributed by atoms with Gasteiger partial charge in [0, 0.05) is 29.8 Å². The van der Waals surface area contributed by atoms with Crippen LogP contribution in [0.15, 0.2) is 67.0 Å². The van der Waals surface area contributed by atoms with Crippen LogP contribution in [0.4, 0.5) is 29.1 Å². The Morgan fingerprint density at radius 3 is 2.46 bits per heavy atom. The van der Waals surface area contributed by atoms with E-state index in [1.54, 1.807) is 30.5 Å². The summed E-state index contributed by atoms with van der Waals surface area (Å²) in [6.07, 6.45) is -0.311. The van der Waals surface area contributed by atoms with Crippen LogP contribution in [0.2, 0.25) is 0 Å². The monoisotopic (exact) mass is 511 g/mol. The third-order valence-electron chi connectivity index (χ3n) is 6.28.